The van der Waals surface area contributed by atoms with Crippen molar-refractivity contribution in [2.45, 2.75) is 6.92 Å². The summed E-state index contributed by atoms with van der Waals surface area (Å²) in [6.45, 7) is 2.00. The molecule has 0 atom stereocenters. The van der Waals surface area contributed by atoms with Crippen molar-refractivity contribution in [2.24, 2.45) is 5.10 Å². The molecule has 1 N–H and O–H groups in total. The molecule has 0 unspecified atom stereocenters. The number of thiophene rings is 1. The zero-order valence-electron chi connectivity index (χ0n) is 14.2. The van der Waals surface area contributed by atoms with E-state index in [2.05, 4.69) is 15.5 Å². The molecule has 4 rings (SSSR count). The Hall–Kier alpha value is -2.47. The fourth-order valence-corrected chi connectivity index (χ4v) is 4.33. The van der Waals surface area contributed by atoms with Gasteiger partial charge in [-0.1, -0.05) is 53.5 Å². The Labute approximate surface area is 169 Å². The van der Waals surface area contributed by atoms with Crippen molar-refractivity contribution in [1.82, 2.24) is 10.4 Å². The third kappa shape index (κ3) is 3.54. The Kier molecular flexibility index (Phi) is 4.83. The zero-order valence-corrected chi connectivity index (χ0v) is 16.5. The molecule has 0 fully saturated rings. The van der Waals surface area contributed by atoms with E-state index in [1.165, 1.54) is 17.6 Å². The van der Waals surface area contributed by atoms with Gasteiger partial charge in [-0.15, -0.1) is 11.3 Å². The molecule has 0 spiro atoms. The van der Waals surface area contributed by atoms with Crippen LogP contribution in [0.4, 0.5) is 0 Å². The van der Waals surface area contributed by atoms with Crippen molar-refractivity contribution in [3.63, 3.8) is 0 Å². The summed E-state index contributed by atoms with van der Waals surface area (Å²) in [6, 6.07) is 15.4. The first-order valence-electron chi connectivity index (χ1n) is 8.10. The minimum Gasteiger partial charge on any atom is -0.266 e. The number of fused-ring (bicyclic) bond motifs is 2. The number of halogens is 2. The van der Waals surface area contributed by atoms with Gasteiger partial charge in [-0.3, -0.25) is 4.79 Å². The summed E-state index contributed by atoms with van der Waals surface area (Å²) in [4.78, 5) is 17.2. The van der Waals surface area contributed by atoms with Crippen LogP contribution in [0.2, 0.25) is 10.2 Å². The summed E-state index contributed by atoms with van der Waals surface area (Å²) in [5.41, 5.74) is 5.05. The van der Waals surface area contributed by atoms with Crippen LogP contribution in [0.15, 0.2) is 53.6 Å². The predicted molar refractivity (Wildman–Crippen MR) is 113 cm³/mol. The van der Waals surface area contributed by atoms with Crippen LogP contribution in [0, 0.1) is 6.92 Å². The molecule has 2 aromatic carbocycles. The molecule has 4 aromatic rings. The first-order valence-corrected chi connectivity index (χ1v) is 9.67. The van der Waals surface area contributed by atoms with Crippen LogP contribution in [0.1, 0.15) is 20.8 Å². The van der Waals surface area contributed by atoms with Crippen molar-refractivity contribution in [3.8, 4) is 0 Å². The molecular formula is C20H13Cl2N3OS. The molecule has 1 amide bonds. The highest BCUT2D eigenvalue weighted by molar-refractivity contribution is 7.21. The van der Waals surface area contributed by atoms with Crippen LogP contribution in [0.5, 0.6) is 0 Å². The van der Waals surface area contributed by atoms with Gasteiger partial charge in [-0.05, 0) is 30.7 Å². The summed E-state index contributed by atoms with van der Waals surface area (Å²) in [5.74, 6) is -0.363. The number of aryl methyl sites for hydroxylation is 1. The molecule has 0 radical (unpaired) electrons. The second-order valence-electron chi connectivity index (χ2n) is 6.01. The minimum absolute atomic E-state index is 0.325. The minimum atomic E-state index is -0.363. The lowest BCUT2D eigenvalue weighted by Crippen LogP contribution is -2.16. The number of hydrogen-bond acceptors (Lipinski definition) is 4. The number of nitrogens with zero attached hydrogens (tertiary/aromatic N) is 2. The van der Waals surface area contributed by atoms with Crippen LogP contribution in [-0.4, -0.2) is 17.1 Å². The van der Waals surface area contributed by atoms with Gasteiger partial charge in [-0.25, -0.2) is 10.4 Å². The van der Waals surface area contributed by atoms with Crippen LogP contribution < -0.4 is 5.43 Å². The average molecular weight is 414 g/mol. The third-order valence-corrected chi connectivity index (χ3v) is 6.04. The van der Waals surface area contributed by atoms with Gasteiger partial charge in [0.2, 0.25) is 0 Å². The fraction of sp³-hybridized carbons (Fsp3) is 0.0500. The van der Waals surface area contributed by atoms with Gasteiger partial charge in [-0.2, -0.15) is 5.10 Å². The maximum atomic E-state index is 12.4. The number of rotatable bonds is 3. The molecule has 4 nitrogen and oxygen atoms in total. The molecule has 0 bridgehead atoms. The van der Waals surface area contributed by atoms with Crippen LogP contribution in [0.25, 0.3) is 21.0 Å². The highest BCUT2D eigenvalue weighted by atomic mass is 35.5. The Bertz CT molecular complexity index is 1220. The molecule has 27 heavy (non-hydrogen) atoms. The van der Waals surface area contributed by atoms with E-state index >= 15 is 0 Å². The van der Waals surface area contributed by atoms with Gasteiger partial charge in [0.25, 0.3) is 5.91 Å². The number of carbonyl (C=O) groups excluding carboxylic acids is 1. The lowest BCUT2D eigenvalue weighted by molar-refractivity contribution is 0.0959. The fourth-order valence-electron chi connectivity index (χ4n) is 2.73. The van der Waals surface area contributed by atoms with E-state index in [4.69, 9.17) is 23.2 Å². The molecule has 2 heterocycles. The topological polar surface area (TPSA) is 54.4 Å². The maximum Gasteiger partial charge on any atom is 0.283 e. The first kappa shape index (κ1) is 17.9. The summed E-state index contributed by atoms with van der Waals surface area (Å²) in [6.07, 6.45) is 1.48. The van der Waals surface area contributed by atoms with Gasteiger partial charge in [0.15, 0.2) is 0 Å². The number of hydrazone groups is 1. The number of benzene rings is 2. The number of hydrogen-bond donors (Lipinski definition) is 1. The number of aromatic nitrogens is 1. The van der Waals surface area contributed by atoms with E-state index in [0.29, 0.717) is 20.6 Å². The van der Waals surface area contributed by atoms with Crippen LogP contribution in [0.3, 0.4) is 0 Å². The SMILES string of the molecule is Cc1ccc2cc(/C=N\NC(=O)c3sc4ccccc4c3Cl)c(Cl)nc2c1. The maximum absolute atomic E-state index is 12.4. The predicted octanol–water partition coefficient (Wildman–Crippen LogP) is 5.83. The Morgan fingerprint density at radius 2 is 2.00 bits per heavy atom. The van der Waals surface area contributed by atoms with E-state index in [9.17, 15) is 4.79 Å². The van der Waals surface area contributed by atoms with Gasteiger partial charge in [0, 0.05) is 21.0 Å². The highest BCUT2D eigenvalue weighted by Gasteiger charge is 2.16. The van der Waals surface area contributed by atoms with E-state index in [-0.39, 0.29) is 5.91 Å². The van der Waals surface area contributed by atoms with Crippen molar-refractivity contribution >= 4 is 67.6 Å². The van der Waals surface area contributed by atoms with Gasteiger partial charge in [0.05, 0.1) is 16.8 Å². The lowest BCUT2D eigenvalue weighted by Gasteiger charge is -2.03. The van der Waals surface area contributed by atoms with E-state index in [1.54, 1.807) is 0 Å². The Balaban J connectivity index is 1.57. The summed E-state index contributed by atoms with van der Waals surface area (Å²) in [7, 11) is 0. The second-order valence-corrected chi connectivity index (χ2v) is 7.79. The zero-order chi connectivity index (χ0) is 19.0. The van der Waals surface area contributed by atoms with Gasteiger partial charge < -0.3 is 0 Å². The molecule has 0 aliphatic rings. The molecule has 0 aliphatic heterocycles. The molecule has 7 heteroatoms. The molecule has 134 valence electrons. The summed E-state index contributed by atoms with van der Waals surface area (Å²) >= 11 is 13.9. The van der Waals surface area contributed by atoms with Crippen LogP contribution >= 0.6 is 34.5 Å². The molecule has 0 saturated heterocycles. The monoisotopic (exact) mass is 413 g/mol. The number of carbonyl (C=O) groups is 1. The molecule has 0 saturated carbocycles. The van der Waals surface area contributed by atoms with Crippen molar-refractivity contribution < 1.29 is 4.79 Å². The lowest BCUT2D eigenvalue weighted by atomic mass is 10.1. The number of amides is 1. The standard InChI is InChI=1S/C20H13Cl2N3OS/c1-11-6-7-12-9-13(19(22)24-15(12)8-11)10-23-25-20(26)18-17(21)14-4-2-3-5-16(14)27-18/h2-10H,1H3,(H,25,26)/b23-10-. The van der Waals surface area contributed by atoms with Crippen molar-refractivity contribution in [2.75, 3.05) is 0 Å². The quantitative estimate of drug-likeness (QED) is 0.261. The van der Waals surface area contributed by atoms with Crippen molar-refractivity contribution in [1.29, 1.82) is 0 Å². The third-order valence-electron chi connectivity index (χ3n) is 4.06. The van der Waals surface area contributed by atoms with E-state index in [0.717, 1.165) is 26.6 Å². The number of pyridine rings is 1. The van der Waals surface area contributed by atoms with Crippen LogP contribution in [-0.2, 0) is 0 Å². The molecular weight excluding hydrogens is 401 g/mol. The van der Waals surface area contributed by atoms with Gasteiger partial charge in [0.1, 0.15) is 10.0 Å². The second kappa shape index (κ2) is 7.27. The largest absolute Gasteiger partial charge is 0.283 e. The normalized spacial score (nSPS) is 11.5. The first-order chi connectivity index (χ1) is 13.0. The molecule has 0 aliphatic carbocycles. The van der Waals surface area contributed by atoms with Crippen molar-refractivity contribution in [3.05, 3.63) is 74.7 Å². The Morgan fingerprint density at radius 1 is 1.19 bits per heavy atom. The Morgan fingerprint density at radius 3 is 2.81 bits per heavy atom. The summed E-state index contributed by atoms with van der Waals surface area (Å²) < 4.78 is 0.952. The number of nitrogens with one attached hydrogen (secondary N) is 1. The average Bonchev–Trinajstić information content (AvgIpc) is 2.99. The summed E-state index contributed by atoms with van der Waals surface area (Å²) in [5, 5.41) is 6.58. The molecule has 2 aromatic heterocycles. The highest BCUT2D eigenvalue weighted by Crippen LogP contribution is 2.34. The van der Waals surface area contributed by atoms with Gasteiger partial charge >= 0.3 is 0 Å². The smallest absolute Gasteiger partial charge is 0.266 e. The van der Waals surface area contributed by atoms with E-state index < -0.39 is 0 Å². The van der Waals surface area contributed by atoms with E-state index in [1.807, 2.05) is 55.5 Å².